The summed E-state index contributed by atoms with van der Waals surface area (Å²) >= 11 is 0. The molecule has 1 aromatic heterocycles. The summed E-state index contributed by atoms with van der Waals surface area (Å²) in [5.41, 5.74) is -2.29. The van der Waals surface area contributed by atoms with E-state index in [9.17, 15) is 22.8 Å². The monoisotopic (exact) mass is 306 g/mol. The summed E-state index contributed by atoms with van der Waals surface area (Å²) in [4.78, 5) is 23.5. The molecule has 116 valence electrons. The maximum absolute atomic E-state index is 12.8. The summed E-state index contributed by atoms with van der Waals surface area (Å²) in [6.07, 6.45) is -4.53. The second-order valence-corrected chi connectivity index (χ2v) is 4.62. The highest BCUT2D eigenvalue weighted by Crippen LogP contribution is 2.40. The Morgan fingerprint density at radius 3 is 2.67 bits per heavy atom. The summed E-state index contributed by atoms with van der Waals surface area (Å²) in [5, 5.41) is 8.26. The molecule has 0 unspecified atom stereocenters. The van der Waals surface area contributed by atoms with E-state index in [-0.39, 0.29) is 12.1 Å². The second-order valence-electron chi connectivity index (χ2n) is 4.62. The summed E-state index contributed by atoms with van der Waals surface area (Å²) in [5.74, 6) is 0. The number of nitrogens with zero attached hydrogens (tertiary/aromatic N) is 2. The van der Waals surface area contributed by atoms with Crippen molar-refractivity contribution in [2.75, 3.05) is 20.2 Å². The van der Waals surface area contributed by atoms with E-state index < -0.39 is 30.9 Å². The quantitative estimate of drug-likeness (QED) is 0.837. The molecule has 7 nitrogen and oxygen atoms in total. The minimum atomic E-state index is -4.53. The Kier molecular flexibility index (Phi) is 3.90. The fourth-order valence-corrected chi connectivity index (χ4v) is 1.89. The lowest BCUT2D eigenvalue weighted by atomic mass is 9.93. The van der Waals surface area contributed by atoms with Crippen LogP contribution in [0, 0.1) is 0 Å². The van der Waals surface area contributed by atoms with Gasteiger partial charge in [0.2, 0.25) is 0 Å². The van der Waals surface area contributed by atoms with E-state index in [2.05, 4.69) is 20.3 Å². The highest BCUT2D eigenvalue weighted by molar-refractivity contribution is 5.75. The van der Waals surface area contributed by atoms with E-state index in [4.69, 9.17) is 0 Å². The molecule has 1 saturated heterocycles. The fraction of sp³-hybridized carbons (Fsp3) is 0.545. The van der Waals surface area contributed by atoms with Gasteiger partial charge in [0.05, 0.1) is 25.3 Å². The molecule has 2 heterocycles. The molecule has 1 aromatic rings. The number of likely N-dealkylation sites (tertiary alicyclic amines) is 1. The first-order valence-electron chi connectivity index (χ1n) is 5.97. The molecule has 1 aliphatic rings. The average Bonchev–Trinajstić information content (AvgIpc) is 2.35. The van der Waals surface area contributed by atoms with Gasteiger partial charge in [0.25, 0.3) is 5.56 Å². The molecule has 2 rings (SSSR count). The molecule has 10 heteroatoms. The van der Waals surface area contributed by atoms with Crippen LogP contribution in [0.1, 0.15) is 5.69 Å². The van der Waals surface area contributed by atoms with Crippen LogP contribution in [0.2, 0.25) is 0 Å². The summed E-state index contributed by atoms with van der Waals surface area (Å²) in [6.45, 7) is -1.12. The molecule has 1 aliphatic heterocycles. The van der Waals surface area contributed by atoms with Crippen molar-refractivity contribution in [3.63, 3.8) is 0 Å². The number of aromatic nitrogens is 2. The van der Waals surface area contributed by atoms with Crippen molar-refractivity contribution < 1.29 is 22.7 Å². The number of halogens is 3. The van der Waals surface area contributed by atoms with Crippen LogP contribution in [0.25, 0.3) is 0 Å². The largest absolute Gasteiger partial charge is 0.420 e. The van der Waals surface area contributed by atoms with Crippen molar-refractivity contribution >= 4 is 6.03 Å². The van der Waals surface area contributed by atoms with Crippen molar-refractivity contribution in [1.29, 1.82) is 0 Å². The van der Waals surface area contributed by atoms with E-state index in [0.29, 0.717) is 5.69 Å². The molecular formula is C11H13F3N4O3. The van der Waals surface area contributed by atoms with Crippen molar-refractivity contribution in [3.8, 4) is 0 Å². The van der Waals surface area contributed by atoms with E-state index >= 15 is 0 Å². The third kappa shape index (κ3) is 2.99. The van der Waals surface area contributed by atoms with E-state index in [1.165, 1.54) is 12.1 Å². The summed E-state index contributed by atoms with van der Waals surface area (Å²) in [6, 6.07) is 1.99. The van der Waals surface area contributed by atoms with Crippen LogP contribution >= 0.6 is 0 Å². The number of hydrogen-bond acceptors (Lipinski definition) is 4. The van der Waals surface area contributed by atoms with Crippen LogP contribution < -0.4 is 10.9 Å². The third-order valence-corrected chi connectivity index (χ3v) is 3.24. The van der Waals surface area contributed by atoms with Gasteiger partial charge < -0.3 is 15.0 Å². The molecule has 0 saturated carbocycles. The number of methoxy groups -OCH3 is 1. The smallest absolute Gasteiger partial charge is 0.365 e. The van der Waals surface area contributed by atoms with Gasteiger partial charge in [-0.3, -0.25) is 4.79 Å². The molecule has 0 bridgehead atoms. The number of alkyl halides is 3. The Bertz CT molecular complexity index is 560. The van der Waals surface area contributed by atoms with Crippen molar-refractivity contribution in [3.05, 3.63) is 28.2 Å². The van der Waals surface area contributed by atoms with Crippen molar-refractivity contribution in [1.82, 2.24) is 20.4 Å². The van der Waals surface area contributed by atoms with Crippen LogP contribution in [-0.4, -0.2) is 53.1 Å². The van der Waals surface area contributed by atoms with Gasteiger partial charge in [0.15, 0.2) is 5.60 Å². The number of hydrogen-bond donors (Lipinski definition) is 2. The lowest BCUT2D eigenvalue weighted by Crippen LogP contribution is -2.72. The first-order chi connectivity index (χ1) is 9.77. The molecule has 0 aromatic carbocycles. The molecule has 0 spiro atoms. The lowest BCUT2D eigenvalue weighted by molar-refractivity contribution is -0.303. The minimum Gasteiger partial charge on any atom is -0.365 e. The Morgan fingerprint density at radius 2 is 2.19 bits per heavy atom. The van der Waals surface area contributed by atoms with Gasteiger partial charge in [-0.2, -0.15) is 18.3 Å². The van der Waals surface area contributed by atoms with Crippen LogP contribution in [0.3, 0.4) is 0 Å². The van der Waals surface area contributed by atoms with Crippen molar-refractivity contribution in [2.24, 2.45) is 0 Å². The third-order valence-electron chi connectivity index (χ3n) is 3.24. The number of carbonyl (C=O) groups is 1. The fourth-order valence-electron chi connectivity index (χ4n) is 1.89. The Balaban J connectivity index is 1.86. The zero-order valence-electron chi connectivity index (χ0n) is 11.0. The predicted molar refractivity (Wildman–Crippen MR) is 64.5 cm³/mol. The highest BCUT2D eigenvalue weighted by Gasteiger charge is 2.63. The number of urea groups is 1. The van der Waals surface area contributed by atoms with Gasteiger partial charge in [-0.1, -0.05) is 0 Å². The lowest BCUT2D eigenvalue weighted by Gasteiger charge is -2.49. The zero-order chi connectivity index (χ0) is 15.7. The Hall–Kier alpha value is -2.10. The molecular weight excluding hydrogens is 293 g/mol. The standard InChI is InChI=1S/C11H13F3N4O3/c1-21-10(11(12,13)14)5-18(6-10)9(20)15-4-7-2-3-8(19)17-16-7/h2-3H,4-6H2,1H3,(H,15,20)(H,17,19). The van der Waals surface area contributed by atoms with E-state index in [1.54, 1.807) is 0 Å². The number of aromatic amines is 1. The van der Waals surface area contributed by atoms with Crippen LogP contribution in [0.5, 0.6) is 0 Å². The summed E-state index contributed by atoms with van der Waals surface area (Å²) in [7, 11) is 0.965. The van der Waals surface area contributed by atoms with Gasteiger partial charge in [0, 0.05) is 13.2 Å². The maximum atomic E-state index is 12.8. The molecule has 2 amide bonds. The molecule has 0 aliphatic carbocycles. The number of nitrogens with one attached hydrogen (secondary N) is 2. The van der Waals surface area contributed by atoms with Gasteiger partial charge in [-0.15, -0.1) is 0 Å². The predicted octanol–water partition coefficient (Wildman–Crippen LogP) is 0.243. The topological polar surface area (TPSA) is 87.3 Å². The first kappa shape index (κ1) is 15.3. The summed E-state index contributed by atoms with van der Waals surface area (Å²) < 4.78 is 42.8. The Morgan fingerprint density at radius 1 is 1.52 bits per heavy atom. The van der Waals surface area contributed by atoms with E-state index in [1.807, 2.05) is 0 Å². The first-order valence-corrected chi connectivity index (χ1v) is 5.97. The van der Waals surface area contributed by atoms with Gasteiger partial charge in [-0.25, -0.2) is 9.89 Å². The number of H-pyrrole nitrogens is 1. The second kappa shape index (κ2) is 5.35. The van der Waals surface area contributed by atoms with Crippen LogP contribution in [-0.2, 0) is 11.3 Å². The molecule has 21 heavy (non-hydrogen) atoms. The normalized spacial score (nSPS) is 17.2. The molecule has 0 atom stereocenters. The number of amides is 2. The Labute approximate surface area is 117 Å². The average molecular weight is 306 g/mol. The maximum Gasteiger partial charge on any atom is 0.420 e. The van der Waals surface area contributed by atoms with Crippen LogP contribution in [0.4, 0.5) is 18.0 Å². The zero-order valence-corrected chi connectivity index (χ0v) is 11.0. The van der Waals surface area contributed by atoms with Gasteiger partial charge >= 0.3 is 12.2 Å². The van der Waals surface area contributed by atoms with Crippen molar-refractivity contribution in [2.45, 2.75) is 18.3 Å². The highest BCUT2D eigenvalue weighted by atomic mass is 19.4. The molecule has 0 radical (unpaired) electrons. The minimum absolute atomic E-state index is 0.00187. The van der Waals surface area contributed by atoms with Gasteiger partial charge in [-0.05, 0) is 6.07 Å². The molecule has 1 fully saturated rings. The SMILES string of the molecule is COC1(C(F)(F)F)CN(C(=O)NCc2ccc(=O)[nH]n2)C1. The number of carbonyl (C=O) groups excluding carboxylic acids is 1. The number of rotatable bonds is 3. The van der Waals surface area contributed by atoms with E-state index in [0.717, 1.165) is 12.0 Å². The van der Waals surface area contributed by atoms with Gasteiger partial charge in [0.1, 0.15) is 0 Å². The molecule has 2 N–H and O–H groups in total. The van der Waals surface area contributed by atoms with Crippen LogP contribution in [0.15, 0.2) is 16.9 Å². The number of ether oxygens (including phenoxy) is 1.